The molecule has 36 nitrogen and oxygen atoms in total. The Kier molecular flexibility index (Phi) is 27.9. The third-order valence-electron chi connectivity index (χ3n) is 23.4. The van der Waals surface area contributed by atoms with Crippen LogP contribution in [0.4, 0.5) is 39.5 Å². The van der Waals surface area contributed by atoms with Crippen LogP contribution in [0.1, 0.15) is 92.1 Å². The molecule has 0 spiro atoms. The van der Waals surface area contributed by atoms with E-state index in [1.807, 2.05) is 54.6 Å². The van der Waals surface area contributed by atoms with E-state index in [-0.39, 0.29) is 115 Å². The van der Waals surface area contributed by atoms with E-state index in [0.717, 1.165) is 104 Å². The lowest BCUT2D eigenvalue weighted by molar-refractivity contribution is 0.107. The summed E-state index contributed by atoms with van der Waals surface area (Å²) in [6.07, 6.45) is 9.91. The van der Waals surface area contributed by atoms with Gasteiger partial charge in [-0.05, 0) is 172 Å². The van der Waals surface area contributed by atoms with Crippen LogP contribution in [0.3, 0.4) is 0 Å². The zero-order valence-electron chi connectivity index (χ0n) is 77.1. The molecule has 738 valence electrons. The fourth-order valence-electron chi connectivity index (χ4n) is 16.3. The van der Waals surface area contributed by atoms with Crippen LogP contribution in [0.15, 0.2) is 288 Å². The molecule has 3 aliphatic rings. The first kappa shape index (κ1) is 96.3. The smallest absolute Gasteiger partial charge is 0.281 e. The minimum Gasteiger partial charge on any atom is -0.497 e. The SMILES string of the molecule is COCc1c(-c2nc(-c3cccc(S(C)(=O)=O)c3)no2)nnn1-c1ccccc1F.COc1cccc(-c2noc(-c3nnn(-c4ccccc4F)c3-c3ccccn3)n2)c1.Fc1ccc(F)c(-c2noc(-c3nnn(-c4ccccc4F)c3C3CC3)n2)c1.Fc1ccc(F)c(-c2noc(-c3nnn(-c4ccccc4F)c3C3CCCO3)n2)c1.Fc1ccccc1-n1nnc(-c2nc(-c3ccccc3)no2)c1C1CCCC1. The molecule has 2 aliphatic carbocycles. The summed E-state index contributed by atoms with van der Waals surface area (Å²) in [5.74, 6) is -2.52. The zero-order chi connectivity index (χ0) is 101. The minimum absolute atomic E-state index is 0.0168. The van der Waals surface area contributed by atoms with Crippen LogP contribution < -0.4 is 4.74 Å². The molecule has 0 amide bonds. The average Bonchev–Trinajstić information content (AvgIpc) is 1.68. The highest BCUT2D eigenvalue weighted by atomic mass is 32.2. The number of pyridine rings is 1. The van der Waals surface area contributed by atoms with Gasteiger partial charge < -0.3 is 36.8 Å². The van der Waals surface area contributed by atoms with Gasteiger partial charge in [0.15, 0.2) is 38.3 Å². The Hall–Kier alpha value is -18.2. The number of hydrogen-bond donors (Lipinski definition) is 0. The van der Waals surface area contributed by atoms with Gasteiger partial charge in [0.1, 0.15) is 110 Å². The van der Waals surface area contributed by atoms with Crippen LogP contribution in [0.25, 0.3) is 155 Å². The Morgan fingerprint density at radius 2 is 0.748 bits per heavy atom. The van der Waals surface area contributed by atoms with Crippen molar-refractivity contribution in [2.45, 2.75) is 80.8 Å². The number of benzene rings is 10. The summed E-state index contributed by atoms with van der Waals surface area (Å²) in [7, 11) is -0.319. The van der Waals surface area contributed by atoms with Gasteiger partial charge in [-0.25, -0.2) is 71.3 Å². The van der Waals surface area contributed by atoms with E-state index in [9.17, 15) is 47.9 Å². The monoisotopic (exact) mass is 2010 g/mol. The van der Waals surface area contributed by atoms with Gasteiger partial charge >= 0.3 is 0 Å². The Bertz CT molecular complexity index is 8410. The average molecular weight is 2020 g/mol. The standard InChI is InChI=1S/C22H15FN6O2.C21H18FN5O.C20H14F3N5O2.C19H12F3N5O.C19H16FN5O4S/c1-30-15-8-6-7-14(13-15)21-25-22(31-27-21)19-20(17-10-4-5-12-24-17)29(28-26-19)18-11-3-2-9-16(18)23;22-16-12-6-7-13-17(16)27-19(14-8-4-5-9-14)18(24-26-27)21-23-20(25-28-21)15-10-2-1-3-11-15;21-11-7-8-13(22)12(10-11)19-24-20(30-26-19)17-18(16-6-3-9-29-16)28(27-25-17)15-5-2-1-4-14(15)23;20-11-7-8-13(21)12(9-11)18-23-19(28-25-18)16-17(10-5-6-10)27(26-24-16)15-4-2-1-3-14(15)22;1-28-11-16-17(22-24-25(16)15-9-4-3-8-14(15)20)19-21-18(23-29-19)12-6-5-7-13(10-12)30(2,26)27/h2-13H,1H3;1-3,6-7,10-14H,4-5,8-9H2;1-2,4-5,7-8,10,16H,3,6,9H2;1-4,7-10H,5-6H2;3-10H,11H2,1-2H3. The summed E-state index contributed by atoms with van der Waals surface area (Å²) in [5, 5.41) is 60.9. The maximum Gasteiger partial charge on any atom is 0.281 e. The van der Waals surface area contributed by atoms with Crippen LogP contribution in [0.5, 0.6) is 5.75 Å². The van der Waals surface area contributed by atoms with E-state index in [2.05, 4.69) is 107 Å². The van der Waals surface area contributed by atoms with Crippen LogP contribution >= 0.6 is 0 Å². The third-order valence-corrected chi connectivity index (χ3v) is 24.6. The molecule has 12 heterocycles. The maximum absolute atomic E-state index is 14.5. The second kappa shape index (κ2) is 42.5. The fourth-order valence-corrected chi connectivity index (χ4v) is 17.0. The molecule has 1 unspecified atom stereocenters. The van der Waals surface area contributed by atoms with Gasteiger partial charge in [0.25, 0.3) is 29.5 Å². The molecule has 11 aromatic heterocycles. The second-order valence-corrected chi connectivity index (χ2v) is 35.1. The summed E-state index contributed by atoms with van der Waals surface area (Å²) in [4.78, 5) is 26.1. The molecule has 1 saturated heterocycles. The van der Waals surface area contributed by atoms with Gasteiger partial charge in [0.2, 0.25) is 29.1 Å². The molecule has 46 heteroatoms. The van der Waals surface area contributed by atoms with Crippen molar-refractivity contribution in [2.24, 2.45) is 0 Å². The largest absolute Gasteiger partial charge is 0.497 e. The van der Waals surface area contributed by atoms with E-state index in [0.29, 0.717) is 93.1 Å². The first-order valence-corrected chi connectivity index (χ1v) is 47.2. The Morgan fingerprint density at radius 1 is 0.354 bits per heavy atom. The third kappa shape index (κ3) is 20.7. The highest BCUT2D eigenvalue weighted by molar-refractivity contribution is 7.90. The fraction of sp³-hybridized carbons (Fsp3) is 0.158. The lowest BCUT2D eigenvalue weighted by atomic mass is 10.0. The predicted octanol–water partition coefficient (Wildman–Crippen LogP) is 20.2. The van der Waals surface area contributed by atoms with Crippen LogP contribution in [-0.2, 0) is 25.9 Å². The van der Waals surface area contributed by atoms with E-state index >= 15 is 0 Å². The summed E-state index contributed by atoms with van der Waals surface area (Å²) in [6.45, 7) is 0.605. The Labute approximate surface area is 825 Å². The maximum atomic E-state index is 14.5. The topological polar surface area (TPSA) is 423 Å². The van der Waals surface area contributed by atoms with Gasteiger partial charge in [-0.2, -0.15) is 24.9 Å². The normalized spacial score (nSPS) is 13.4. The molecule has 1 aliphatic heterocycles. The number of methoxy groups -OCH3 is 2. The van der Waals surface area contributed by atoms with E-state index < -0.39 is 62.5 Å². The first-order chi connectivity index (χ1) is 71.7. The molecule has 0 bridgehead atoms. The first-order valence-electron chi connectivity index (χ1n) is 45.3. The molecule has 0 radical (unpaired) electrons. The number of aromatic nitrogens is 26. The number of rotatable bonds is 23. The number of para-hydroxylation sites is 5. The number of halogens is 9. The van der Waals surface area contributed by atoms with E-state index in [1.54, 1.807) is 139 Å². The van der Waals surface area contributed by atoms with Crippen molar-refractivity contribution in [1.29, 1.82) is 0 Å². The molecule has 24 rings (SSSR count). The molecule has 21 aromatic rings. The molecule has 10 aromatic carbocycles. The van der Waals surface area contributed by atoms with E-state index in [1.165, 1.54) is 68.3 Å². The molecule has 2 saturated carbocycles. The summed E-state index contributed by atoms with van der Waals surface area (Å²) in [5.41, 5.74) is 7.93. The number of hydrogen-bond acceptors (Lipinski definition) is 31. The number of nitrogens with zero attached hydrogens (tertiary/aromatic N) is 26. The molecule has 3 fully saturated rings. The Balaban J connectivity index is 0.000000112. The summed E-state index contributed by atoms with van der Waals surface area (Å²) < 4.78 is 201. The van der Waals surface area contributed by atoms with Gasteiger partial charge in [-0.15, -0.1) is 25.5 Å². The highest BCUT2D eigenvalue weighted by Crippen LogP contribution is 2.46. The van der Waals surface area contributed by atoms with Crippen molar-refractivity contribution >= 4 is 9.84 Å². The molecular formula is C101H75F9N26O10S. The lowest BCUT2D eigenvalue weighted by Crippen LogP contribution is -2.09. The van der Waals surface area contributed by atoms with Crippen molar-refractivity contribution in [3.63, 3.8) is 0 Å². The van der Waals surface area contributed by atoms with Crippen LogP contribution in [-0.4, -0.2) is 166 Å². The second-order valence-electron chi connectivity index (χ2n) is 33.1. The lowest BCUT2D eigenvalue weighted by Gasteiger charge is -2.13. The molecule has 147 heavy (non-hydrogen) atoms. The molecular weight excluding hydrogens is 1940 g/mol. The number of sulfone groups is 1. The van der Waals surface area contributed by atoms with Crippen molar-refractivity contribution in [3.05, 3.63) is 336 Å². The van der Waals surface area contributed by atoms with Crippen LogP contribution in [0.2, 0.25) is 0 Å². The van der Waals surface area contributed by atoms with Crippen molar-refractivity contribution in [3.8, 4) is 160 Å². The van der Waals surface area contributed by atoms with Gasteiger partial charge in [0.05, 0.1) is 46.8 Å². The predicted molar refractivity (Wildman–Crippen MR) is 505 cm³/mol. The van der Waals surface area contributed by atoms with Crippen molar-refractivity contribution in [1.82, 2.24) is 131 Å². The van der Waals surface area contributed by atoms with Crippen molar-refractivity contribution in [2.75, 3.05) is 27.1 Å². The van der Waals surface area contributed by atoms with Crippen molar-refractivity contribution < 1.29 is 84.8 Å². The van der Waals surface area contributed by atoms with Crippen LogP contribution in [0, 0.1) is 52.4 Å². The Morgan fingerprint density at radius 3 is 1.22 bits per heavy atom. The number of ether oxygens (including phenoxy) is 3. The highest BCUT2D eigenvalue weighted by Gasteiger charge is 2.38. The minimum atomic E-state index is -3.39. The van der Waals surface area contributed by atoms with E-state index in [4.69, 9.17) is 36.8 Å². The van der Waals surface area contributed by atoms with Gasteiger partial charge in [-0.1, -0.05) is 186 Å². The molecule has 1 atom stereocenters. The summed E-state index contributed by atoms with van der Waals surface area (Å²) >= 11 is 0. The van der Waals surface area contributed by atoms with Gasteiger partial charge in [0, 0.05) is 54.7 Å². The summed E-state index contributed by atoms with van der Waals surface area (Å²) in [6, 6.07) is 65.7. The quantitative estimate of drug-likeness (QED) is 0.0537. The zero-order valence-corrected chi connectivity index (χ0v) is 78.0. The molecule has 0 N–H and O–H groups in total. The van der Waals surface area contributed by atoms with Gasteiger partial charge in [-0.3, -0.25) is 4.98 Å².